The van der Waals surface area contributed by atoms with E-state index in [0.717, 1.165) is 19.4 Å². The Labute approximate surface area is 173 Å². The van der Waals surface area contributed by atoms with E-state index in [2.05, 4.69) is 20.4 Å². The van der Waals surface area contributed by atoms with E-state index in [-0.39, 0.29) is 24.2 Å². The van der Waals surface area contributed by atoms with Gasteiger partial charge in [0.25, 0.3) is 0 Å². The van der Waals surface area contributed by atoms with Gasteiger partial charge in [-0.3, -0.25) is 9.69 Å². The highest BCUT2D eigenvalue weighted by molar-refractivity contribution is 5.92. The topological polar surface area (TPSA) is 80.5 Å². The highest BCUT2D eigenvalue weighted by Gasteiger charge is 2.27. The van der Waals surface area contributed by atoms with E-state index in [9.17, 15) is 9.18 Å². The van der Waals surface area contributed by atoms with Crippen LogP contribution in [0.3, 0.4) is 0 Å². The van der Waals surface area contributed by atoms with Crippen molar-refractivity contribution in [3.63, 3.8) is 0 Å². The fourth-order valence-corrected chi connectivity index (χ4v) is 3.65. The summed E-state index contributed by atoms with van der Waals surface area (Å²) in [6, 6.07) is 13.4. The molecule has 2 aromatic carbocycles. The lowest BCUT2D eigenvalue weighted by Crippen LogP contribution is -2.39. The van der Waals surface area contributed by atoms with E-state index < -0.39 is 0 Å². The number of amides is 1. The molecule has 156 valence electrons. The first kappa shape index (κ1) is 20.0. The van der Waals surface area contributed by atoms with Gasteiger partial charge in [-0.05, 0) is 43.7 Å². The molecular weight excluding hydrogens is 387 g/mol. The fourth-order valence-electron chi connectivity index (χ4n) is 3.65. The first-order valence-corrected chi connectivity index (χ1v) is 9.86. The van der Waals surface area contributed by atoms with E-state index in [1.54, 1.807) is 25.3 Å². The van der Waals surface area contributed by atoms with E-state index >= 15 is 0 Å². The molecule has 4 rings (SSSR count). The smallest absolute Gasteiger partial charge is 0.238 e. The molecule has 0 saturated carbocycles. The highest BCUT2D eigenvalue weighted by atomic mass is 19.1. The van der Waals surface area contributed by atoms with Crippen molar-refractivity contribution in [3.8, 4) is 17.1 Å². The number of benzene rings is 2. The van der Waals surface area contributed by atoms with Gasteiger partial charge in [-0.2, -0.15) is 4.98 Å². The zero-order valence-corrected chi connectivity index (χ0v) is 16.7. The van der Waals surface area contributed by atoms with Crippen LogP contribution < -0.4 is 10.1 Å². The number of hydrogen-bond acceptors (Lipinski definition) is 6. The maximum Gasteiger partial charge on any atom is 0.238 e. The van der Waals surface area contributed by atoms with Crippen LogP contribution in [0, 0.1) is 5.82 Å². The Bertz CT molecular complexity index is 1020. The minimum Gasteiger partial charge on any atom is -0.497 e. The normalized spacial score (nSPS) is 16.9. The summed E-state index contributed by atoms with van der Waals surface area (Å²) in [5.74, 6) is 1.19. The minimum absolute atomic E-state index is 0.0400. The summed E-state index contributed by atoms with van der Waals surface area (Å²) in [5.41, 5.74) is 1.28. The number of piperidine rings is 1. The van der Waals surface area contributed by atoms with Gasteiger partial charge in [-0.25, -0.2) is 4.39 Å². The molecule has 1 fully saturated rings. The molecule has 1 aromatic heterocycles. The number of halogens is 1. The molecule has 30 heavy (non-hydrogen) atoms. The predicted octanol–water partition coefficient (Wildman–Crippen LogP) is 3.70. The van der Waals surface area contributed by atoms with Crippen LogP contribution in [0.25, 0.3) is 11.4 Å². The van der Waals surface area contributed by atoms with Gasteiger partial charge in [-0.15, -0.1) is 0 Å². The molecule has 0 aliphatic carbocycles. The number of hydrogen-bond donors (Lipinski definition) is 1. The van der Waals surface area contributed by atoms with Crippen molar-refractivity contribution in [3.05, 3.63) is 60.2 Å². The molecular formula is C22H23FN4O3. The second-order valence-electron chi connectivity index (χ2n) is 7.32. The van der Waals surface area contributed by atoms with Crippen LogP contribution in [0.15, 0.2) is 53.1 Å². The van der Waals surface area contributed by atoms with Crippen molar-refractivity contribution < 1.29 is 18.4 Å². The molecule has 2 heterocycles. The number of carbonyl (C=O) groups is 1. The van der Waals surface area contributed by atoms with Crippen molar-refractivity contribution in [2.24, 2.45) is 0 Å². The predicted molar refractivity (Wildman–Crippen MR) is 110 cm³/mol. The van der Waals surface area contributed by atoms with Gasteiger partial charge in [0.15, 0.2) is 0 Å². The second-order valence-corrected chi connectivity index (χ2v) is 7.32. The lowest BCUT2D eigenvalue weighted by atomic mass is 9.98. The number of nitrogens with zero attached hydrogens (tertiary/aromatic N) is 3. The monoisotopic (exact) mass is 410 g/mol. The molecule has 1 amide bonds. The standard InChI is InChI=1S/C22H23FN4O3/c1-29-19-9-3-8-18(12-19)24-20(28)14-27-10-4-6-16(13-27)22-25-21(26-30-22)15-5-2-7-17(23)11-15/h2-3,5,7-9,11-12,16H,4,6,10,13-14H2,1H3,(H,24,28). The molecule has 3 aromatic rings. The average molecular weight is 410 g/mol. The Kier molecular flexibility index (Phi) is 6.04. The van der Waals surface area contributed by atoms with Gasteiger partial charge in [0.2, 0.25) is 17.6 Å². The van der Waals surface area contributed by atoms with Gasteiger partial charge in [0.05, 0.1) is 19.6 Å². The third kappa shape index (κ3) is 4.83. The highest BCUT2D eigenvalue weighted by Crippen LogP contribution is 2.27. The average Bonchev–Trinajstić information content (AvgIpc) is 3.24. The number of nitrogens with one attached hydrogen (secondary N) is 1. The molecule has 1 atom stereocenters. The molecule has 0 radical (unpaired) electrons. The lowest BCUT2D eigenvalue weighted by molar-refractivity contribution is -0.117. The quantitative estimate of drug-likeness (QED) is 0.667. The van der Waals surface area contributed by atoms with Crippen molar-refractivity contribution in [1.29, 1.82) is 0 Å². The summed E-state index contributed by atoms with van der Waals surface area (Å²) in [6.07, 6.45) is 1.83. The van der Waals surface area contributed by atoms with Crippen molar-refractivity contribution in [2.45, 2.75) is 18.8 Å². The summed E-state index contributed by atoms with van der Waals surface area (Å²) in [4.78, 5) is 19.0. The van der Waals surface area contributed by atoms with Crippen LogP contribution in [-0.2, 0) is 4.79 Å². The van der Waals surface area contributed by atoms with Crippen molar-refractivity contribution in [1.82, 2.24) is 15.0 Å². The Hall–Kier alpha value is -3.26. The van der Waals surface area contributed by atoms with E-state index in [1.807, 2.05) is 18.2 Å². The summed E-state index contributed by atoms with van der Waals surface area (Å²) >= 11 is 0. The largest absolute Gasteiger partial charge is 0.497 e. The third-order valence-electron chi connectivity index (χ3n) is 5.10. The zero-order valence-electron chi connectivity index (χ0n) is 16.7. The number of anilines is 1. The van der Waals surface area contributed by atoms with Gasteiger partial charge in [0, 0.05) is 23.9 Å². The summed E-state index contributed by atoms with van der Waals surface area (Å²) in [7, 11) is 1.59. The number of aromatic nitrogens is 2. The maximum atomic E-state index is 13.4. The van der Waals surface area contributed by atoms with E-state index in [4.69, 9.17) is 9.26 Å². The van der Waals surface area contributed by atoms with Crippen LogP contribution in [0.2, 0.25) is 0 Å². The molecule has 1 aliphatic heterocycles. The number of rotatable bonds is 6. The molecule has 0 bridgehead atoms. The molecule has 7 nitrogen and oxygen atoms in total. The van der Waals surface area contributed by atoms with Crippen molar-refractivity contribution in [2.75, 3.05) is 32.1 Å². The first-order valence-electron chi connectivity index (χ1n) is 9.86. The molecule has 1 aliphatic rings. The Morgan fingerprint density at radius 3 is 3.00 bits per heavy atom. The fraction of sp³-hybridized carbons (Fsp3) is 0.318. The van der Waals surface area contributed by atoms with Gasteiger partial charge in [0.1, 0.15) is 11.6 Å². The van der Waals surface area contributed by atoms with Crippen LogP contribution in [0.1, 0.15) is 24.7 Å². The van der Waals surface area contributed by atoms with Gasteiger partial charge < -0.3 is 14.6 Å². The second kappa shape index (κ2) is 9.04. The summed E-state index contributed by atoms with van der Waals surface area (Å²) in [6.45, 7) is 1.75. The van der Waals surface area contributed by atoms with Gasteiger partial charge >= 0.3 is 0 Å². The maximum absolute atomic E-state index is 13.4. The molecule has 0 spiro atoms. The van der Waals surface area contributed by atoms with Crippen LogP contribution >= 0.6 is 0 Å². The lowest BCUT2D eigenvalue weighted by Gasteiger charge is -2.30. The van der Waals surface area contributed by atoms with E-state index in [1.165, 1.54) is 12.1 Å². The Balaban J connectivity index is 1.37. The molecule has 1 saturated heterocycles. The third-order valence-corrected chi connectivity index (χ3v) is 5.10. The van der Waals surface area contributed by atoms with Crippen LogP contribution in [-0.4, -0.2) is 47.7 Å². The molecule has 1 N–H and O–H groups in total. The number of methoxy groups -OCH3 is 1. The molecule has 8 heteroatoms. The number of carbonyl (C=O) groups excluding carboxylic acids is 1. The first-order chi connectivity index (χ1) is 14.6. The molecule has 1 unspecified atom stereocenters. The van der Waals surface area contributed by atoms with Crippen molar-refractivity contribution >= 4 is 11.6 Å². The van der Waals surface area contributed by atoms with Crippen LogP contribution in [0.5, 0.6) is 5.75 Å². The number of ether oxygens (including phenoxy) is 1. The Morgan fingerprint density at radius 1 is 1.30 bits per heavy atom. The zero-order chi connectivity index (χ0) is 20.9. The van der Waals surface area contributed by atoms with Crippen LogP contribution in [0.4, 0.5) is 10.1 Å². The van der Waals surface area contributed by atoms with E-state index in [0.29, 0.717) is 35.3 Å². The summed E-state index contributed by atoms with van der Waals surface area (Å²) < 4.78 is 24.1. The van der Waals surface area contributed by atoms with Gasteiger partial charge in [-0.1, -0.05) is 23.4 Å². The minimum atomic E-state index is -0.343. The SMILES string of the molecule is COc1cccc(NC(=O)CN2CCCC(c3nc(-c4cccc(F)c4)no3)C2)c1. The Morgan fingerprint density at radius 2 is 2.17 bits per heavy atom. The summed E-state index contributed by atoms with van der Waals surface area (Å²) in [5, 5.41) is 6.90. The number of likely N-dealkylation sites (tertiary alicyclic amines) is 1.